The normalized spacial score (nSPS) is 11.4. The van der Waals surface area contributed by atoms with Crippen molar-refractivity contribution in [3.63, 3.8) is 0 Å². The van der Waals surface area contributed by atoms with Gasteiger partial charge >= 0.3 is 0 Å². The monoisotopic (exact) mass is 901 g/mol. The molecule has 13 rings (SSSR count). The highest BCUT2D eigenvalue weighted by Crippen LogP contribution is 2.48. The highest BCUT2D eigenvalue weighted by molar-refractivity contribution is 6.22. The molecule has 0 unspecified atom stereocenters. The van der Waals surface area contributed by atoms with Crippen molar-refractivity contribution in [2.75, 3.05) is 4.90 Å². The van der Waals surface area contributed by atoms with E-state index in [0.29, 0.717) is 0 Å². The Hall–Kier alpha value is -9.30. The minimum atomic E-state index is 1.08. The van der Waals surface area contributed by atoms with Gasteiger partial charge in [-0.2, -0.15) is 0 Å². The Kier molecular flexibility index (Phi) is 10.6. The van der Waals surface area contributed by atoms with E-state index >= 15 is 0 Å². The van der Waals surface area contributed by atoms with E-state index < -0.39 is 0 Å². The lowest BCUT2D eigenvalue weighted by Crippen LogP contribution is -2.11. The largest absolute Gasteiger partial charge is 0.310 e. The zero-order chi connectivity index (χ0) is 47.1. The molecule has 0 aromatic heterocycles. The standard InChI is InChI=1S/C70H47N/c1-3-19-53(20-4-1)69-66-30-12-11-29-64(66)65-44-41-58(47-67(65)70(69)54-21-5-2-6-22-54)63-28-13-14-32-68(63)71(60-26-15-25-56(46-60)57-38-35-48-17-7-8-23-55(48)45-57)59-42-39-50(40-43-59)49-33-36-52(37-34-49)62-31-16-24-51-18-9-10-27-61(51)62/h1-47H. The molecule has 0 saturated heterocycles. The van der Waals surface area contributed by atoms with E-state index in [0.717, 1.165) is 33.8 Å². The molecule has 13 aromatic carbocycles. The van der Waals surface area contributed by atoms with Crippen LogP contribution in [-0.4, -0.2) is 0 Å². The first-order chi connectivity index (χ1) is 35.2. The molecular weight excluding hydrogens is 855 g/mol. The molecule has 0 amide bonds. The third-order valence-electron chi connectivity index (χ3n) is 14.2. The Balaban J connectivity index is 0.969. The van der Waals surface area contributed by atoms with Gasteiger partial charge in [0, 0.05) is 16.9 Å². The summed E-state index contributed by atoms with van der Waals surface area (Å²) in [5.74, 6) is 0. The van der Waals surface area contributed by atoms with Crippen molar-refractivity contribution in [1.82, 2.24) is 0 Å². The molecule has 0 aliphatic heterocycles. The summed E-state index contributed by atoms with van der Waals surface area (Å²) >= 11 is 0. The summed E-state index contributed by atoms with van der Waals surface area (Å²) in [6.07, 6.45) is 0. The molecule has 0 atom stereocenters. The SMILES string of the molecule is c1ccc(-c2c(-c3ccccc3)c3cc(-c4ccccc4N(c4ccc(-c5ccc(-c6cccc7ccccc67)cc5)cc4)c4cccc(-c5ccc6ccccc6c5)c4)ccc3c3ccccc23)cc1. The van der Waals surface area contributed by atoms with Gasteiger partial charge in [0.25, 0.3) is 0 Å². The Bertz CT molecular complexity index is 4070. The van der Waals surface area contributed by atoms with E-state index in [1.54, 1.807) is 0 Å². The predicted molar refractivity (Wildman–Crippen MR) is 304 cm³/mol. The van der Waals surface area contributed by atoms with E-state index in [2.05, 4.69) is 290 Å². The van der Waals surface area contributed by atoms with Gasteiger partial charge in [-0.25, -0.2) is 0 Å². The van der Waals surface area contributed by atoms with Crippen LogP contribution in [0.2, 0.25) is 0 Å². The average Bonchev–Trinajstić information content (AvgIpc) is 3.45. The Labute approximate surface area is 414 Å². The van der Waals surface area contributed by atoms with E-state index in [4.69, 9.17) is 0 Å². The molecule has 0 heterocycles. The summed E-state index contributed by atoms with van der Waals surface area (Å²) in [6, 6.07) is 104. The average molecular weight is 902 g/mol. The number of rotatable bonds is 9. The van der Waals surface area contributed by atoms with Crippen LogP contribution in [0.5, 0.6) is 0 Å². The summed E-state index contributed by atoms with van der Waals surface area (Å²) in [7, 11) is 0. The molecule has 0 fully saturated rings. The predicted octanol–water partition coefficient (Wildman–Crippen LogP) is 19.8. The minimum absolute atomic E-state index is 1.08. The number of para-hydroxylation sites is 1. The topological polar surface area (TPSA) is 3.24 Å². The van der Waals surface area contributed by atoms with Crippen LogP contribution in [0.25, 0.3) is 110 Å². The maximum Gasteiger partial charge on any atom is 0.0540 e. The smallest absolute Gasteiger partial charge is 0.0540 e. The van der Waals surface area contributed by atoms with Crippen LogP contribution in [0.1, 0.15) is 0 Å². The summed E-state index contributed by atoms with van der Waals surface area (Å²) in [5.41, 5.74) is 17.6. The zero-order valence-electron chi connectivity index (χ0n) is 39.1. The first-order valence-corrected chi connectivity index (χ1v) is 24.5. The van der Waals surface area contributed by atoms with Crippen LogP contribution >= 0.6 is 0 Å². The van der Waals surface area contributed by atoms with Gasteiger partial charge in [0.1, 0.15) is 0 Å². The second kappa shape index (κ2) is 18.0. The molecule has 0 N–H and O–H groups in total. The van der Waals surface area contributed by atoms with Gasteiger partial charge < -0.3 is 4.90 Å². The van der Waals surface area contributed by atoms with Gasteiger partial charge in [0.05, 0.1) is 5.69 Å². The number of anilines is 3. The van der Waals surface area contributed by atoms with Gasteiger partial charge in [-0.3, -0.25) is 0 Å². The van der Waals surface area contributed by atoms with Gasteiger partial charge in [0.15, 0.2) is 0 Å². The van der Waals surface area contributed by atoms with Crippen LogP contribution in [0.3, 0.4) is 0 Å². The second-order valence-corrected chi connectivity index (χ2v) is 18.4. The Morgan fingerprint density at radius 2 is 0.690 bits per heavy atom. The van der Waals surface area contributed by atoms with Crippen molar-refractivity contribution in [2.45, 2.75) is 0 Å². The van der Waals surface area contributed by atoms with Gasteiger partial charge in [-0.15, -0.1) is 0 Å². The second-order valence-electron chi connectivity index (χ2n) is 18.4. The zero-order valence-corrected chi connectivity index (χ0v) is 39.1. The molecule has 71 heavy (non-hydrogen) atoms. The van der Waals surface area contributed by atoms with Crippen LogP contribution in [0.4, 0.5) is 17.1 Å². The van der Waals surface area contributed by atoms with E-state index in [9.17, 15) is 0 Å². The maximum absolute atomic E-state index is 2.44. The quantitative estimate of drug-likeness (QED) is 0.131. The minimum Gasteiger partial charge on any atom is -0.310 e. The van der Waals surface area contributed by atoms with Crippen molar-refractivity contribution >= 4 is 60.2 Å². The van der Waals surface area contributed by atoms with Crippen molar-refractivity contribution in [2.24, 2.45) is 0 Å². The summed E-state index contributed by atoms with van der Waals surface area (Å²) in [4.78, 5) is 2.44. The number of hydrogen-bond acceptors (Lipinski definition) is 1. The highest BCUT2D eigenvalue weighted by Gasteiger charge is 2.22. The summed E-state index contributed by atoms with van der Waals surface area (Å²) < 4.78 is 0. The lowest BCUT2D eigenvalue weighted by Gasteiger charge is -2.29. The molecule has 0 spiro atoms. The molecule has 0 aliphatic carbocycles. The first kappa shape index (κ1) is 41.9. The van der Waals surface area contributed by atoms with Crippen molar-refractivity contribution < 1.29 is 0 Å². The third kappa shape index (κ3) is 7.71. The van der Waals surface area contributed by atoms with Crippen LogP contribution in [0.15, 0.2) is 285 Å². The first-order valence-electron chi connectivity index (χ1n) is 24.5. The molecule has 13 aromatic rings. The highest BCUT2D eigenvalue weighted by atomic mass is 15.1. The number of fused-ring (bicyclic) bond motifs is 5. The summed E-state index contributed by atoms with van der Waals surface area (Å²) in [5, 5.41) is 9.94. The van der Waals surface area contributed by atoms with Crippen LogP contribution in [0, 0.1) is 0 Å². The molecule has 1 nitrogen and oxygen atoms in total. The molecule has 0 radical (unpaired) electrons. The van der Waals surface area contributed by atoms with Crippen molar-refractivity contribution in [3.8, 4) is 66.8 Å². The molecule has 0 aliphatic rings. The van der Waals surface area contributed by atoms with Gasteiger partial charge in [0.2, 0.25) is 0 Å². The van der Waals surface area contributed by atoms with Crippen molar-refractivity contribution in [1.29, 1.82) is 0 Å². The molecule has 332 valence electrons. The Morgan fingerprint density at radius 1 is 0.197 bits per heavy atom. The lowest BCUT2D eigenvalue weighted by molar-refractivity contribution is 1.28. The van der Waals surface area contributed by atoms with E-state index in [-0.39, 0.29) is 0 Å². The lowest BCUT2D eigenvalue weighted by atomic mass is 9.84. The fourth-order valence-corrected chi connectivity index (χ4v) is 10.8. The van der Waals surface area contributed by atoms with Gasteiger partial charge in [-0.05, 0) is 147 Å². The van der Waals surface area contributed by atoms with Crippen LogP contribution < -0.4 is 4.90 Å². The maximum atomic E-state index is 2.44. The fraction of sp³-hybridized carbons (Fsp3) is 0. The number of nitrogens with zero attached hydrogens (tertiary/aromatic N) is 1. The fourth-order valence-electron chi connectivity index (χ4n) is 10.8. The molecule has 0 saturated carbocycles. The molecule has 0 bridgehead atoms. The number of benzene rings is 13. The molecule has 1 heteroatoms. The van der Waals surface area contributed by atoms with E-state index in [1.165, 1.54) is 93.2 Å². The number of hydrogen-bond donors (Lipinski definition) is 0. The summed E-state index contributed by atoms with van der Waals surface area (Å²) in [6.45, 7) is 0. The molecular formula is C70H47N. The Morgan fingerprint density at radius 3 is 1.45 bits per heavy atom. The van der Waals surface area contributed by atoms with E-state index in [1.807, 2.05) is 0 Å². The van der Waals surface area contributed by atoms with Crippen molar-refractivity contribution in [3.05, 3.63) is 285 Å². The third-order valence-corrected chi connectivity index (χ3v) is 14.2. The van der Waals surface area contributed by atoms with Crippen LogP contribution in [-0.2, 0) is 0 Å². The van der Waals surface area contributed by atoms with Gasteiger partial charge in [-0.1, -0.05) is 243 Å².